The zero-order chi connectivity index (χ0) is 23.5. The Kier molecular flexibility index (Phi) is 6.81. The maximum absolute atomic E-state index is 13.0. The van der Waals surface area contributed by atoms with Crippen LogP contribution in [0, 0.1) is 13.8 Å². The number of carbonyl (C=O) groups is 2. The van der Waals surface area contributed by atoms with Crippen LogP contribution in [0.4, 0.5) is 0 Å². The van der Waals surface area contributed by atoms with Gasteiger partial charge < -0.3 is 10.1 Å². The normalized spacial score (nSPS) is 18.3. The van der Waals surface area contributed by atoms with Crippen molar-refractivity contribution >= 4 is 23.5 Å². The smallest absolute Gasteiger partial charge is 0.323 e. The molecule has 33 heavy (non-hydrogen) atoms. The van der Waals surface area contributed by atoms with Crippen LogP contribution in [0.5, 0.6) is 0 Å². The van der Waals surface area contributed by atoms with E-state index < -0.39 is 6.04 Å². The Labute approximate surface area is 198 Å². The average Bonchev–Trinajstić information content (AvgIpc) is 3.34. The second kappa shape index (κ2) is 9.77. The number of rotatable bonds is 6. The van der Waals surface area contributed by atoms with Crippen LogP contribution in [0.2, 0.25) is 5.02 Å². The number of halogens is 1. The van der Waals surface area contributed by atoms with Gasteiger partial charge in [-0.15, -0.1) is 0 Å². The summed E-state index contributed by atoms with van der Waals surface area (Å²) in [4.78, 5) is 27.5. The third kappa shape index (κ3) is 5.26. The molecule has 0 saturated carbocycles. The summed E-state index contributed by atoms with van der Waals surface area (Å²) in [5.41, 5.74) is 4.29. The Morgan fingerprint density at radius 2 is 1.94 bits per heavy atom. The van der Waals surface area contributed by atoms with Crippen LogP contribution in [0.15, 0.2) is 54.6 Å². The first-order chi connectivity index (χ1) is 15.8. The minimum atomic E-state index is -0.430. The molecule has 2 aromatic carbocycles. The molecule has 8 heteroatoms. The first-order valence-corrected chi connectivity index (χ1v) is 11.2. The van der Waals surface area contributed by atoms with Crippen LogP contribution in [0.1, 0.15) is 33.7 Å². The summed E-state index contributed by atoms with van der Waals surface area (Å²) in [6.45, 7) is 5.00. The van der Waals surface area contributed by atoms with E-state index >= 15 is 0 Å². The summed E-state index contributed by atoms with van der Waals surface area (Å²) >= 11 is 6.12. The van der Waals surface area contributed by atoms with Gasteiger partial charge in [0.25, 0.3) is 5.91 Å². The monoisotopic (exact) mass is 466 g/mol. The molecule has 0 spiro atoms. The van der Waals surface area contributed by atoms with Crippen LogP contribution < -0.4 is 5.32 Å². The van der Waals surface area contributed by atoms with E-state index in [1.165, 1.54) is 7.11 Å². The van der Waals surface area contributed by atoms with Gasteiger partial charge in [0.1, 0.15) is 6.04 Å². The van der Waals surface area contributed by atoms with E-state index in [0.717, 1.165) is 22.6 Å². The topological polar surface area (TPSA) is 76.5 Å². The van der Waals surface area contributed by atoms with E-state index in [-0.39, 0.29) is 17.9 Å². The van der Waals surface area contributed by atoms with Crippen LogP contribution in [-0.4, -0.2) is 52.3 Å². The molecule has 0 unspecified atom stereocenters. The third-order valence-electron chi connectivity index (χ3n) is 5.85. The highest BCUT2D eigenvalue weighted by Crippen LogP contribution is 2.23. The Morgan fingerprint density at radius 1 is 1.15 bits per heavy atom. The summed E-state index contributed by atoms with van der Waals surface area (Å²) in [5, 5.41) is 8.23. The minimum Gasteiger partial charge on any atom is -0.468 e. The average molecular weight is 467 g/mol. The number of carbonyl (C=O) groups excluding carboxylic acids is 2. The molecule has 2 atom stereocenters. The Bertz CT molecular complexity index is 1180. The molecule has 0 bridgehead atoms. The van der Waals surface area contributed by atoms with Crippen molar-refractivity contribution < 1.29 is 14.3 Å². The molecule has 4 rings (SSSR count). The number of benzene rings is 2. The van der Waals surface area contributed by atoms with Crippen molar-refractivity contribution in [3.63, 3.8) is 0 Å². The highest BCUT2D eigenvalue weighted by atomic mass is 35.5. The minimum absolute atomic E-state index is 0.182. The Hall–Kier alpha value is -3.16. The Morgan fingerprint density at radius 3 is 2.64 bits per heavy atom. The van der Waals surface area contributed by atoms with E-state index in [4.69, 9.17) is 16.3 Å². The zero-order valence-electron chi connectivity index (χ0n) is 18.9. The van der Waals surface area contributed by atoms with Crippen LogP contribution in [0.25, 0.3) is 5.69 Å². The molecule has 3 aromatic rings. The van der Waals surface area contributed by atoms with E-state index in [9.17, 15) is 9.59 Å². The molecule has 1 N–H and O–H groups in total. The summed E-state index contributed by atoms with van der Waals surface area (Å²) in [7, 11) is 1.39. The van der Waals surface area contributed by atoms with Gasteiger partial charge in [0.05, 0.1) is 18.5 Å². The van der Waals surface area contributed by atoms with Crippen molar-refractivity contribution in [3.05, 3.63) is 82.1 Å². The molecule has 7 nitrogen and oxygen atoms in total. The van der Waals surface area contributed by atoms with Gasteiger partial charge in [0.15, 0.2) is 0 Å². The van der Waals surface area contributed by atoms with Crippen molar-refractivity contribution in [2.24, 2.45) is 0 Å². The number of nitrogens with one attached hydrogen (secondary N) is 1. The SMILES string of the molecule is COC(=O)[C@@H]1C[C@@H](NC(=O)c2cccc(-n3nc(C)cc3C)c2)CN1Cc1cccc(Cl)c1. The van der Waals surface area contributed by atoms with Gasteiger partial charge in [-0.3, -0.25) is 14.5 Å². The van der Waals surface area contributed by atoms with Crippen molar-refractivity contribution in [3.8, 4) is 5.69 Å². The van der Waals surface area contributed by atoms with Gasteiger partial charge in [-0.1, -0.05) is 29.8 Å². The van der Waals surface area contributed by atoms with Crippen molar-refractivity contribution in [2.75, 3.05) is 13.7 Å². The molecule has 1 fully saturated rings. The van der Waals surface area contributed by atoms with Crippen LogP contribution >= 0.6 is 11.6 Å². The lowest BCUT2D eigenvalue weighted by molar-refractivity contribution is -0.146. The summed E-state index contributed by atoms with van der Waals surface area (Å²) in [6.07, 6.45) is 0.482. The van der Waals surface area contributed by atoms with Gasteiger partial charge >= 0.3 is 5.97 Å². The predicted molar refractivity (Wildman–Crippen MR) is 127 cm³/mol. The number of aromatic nitrogens is 2. The maximum atomic E-state index is 13.0. The summed E-state index contributed by atoms with van der Waals surface area (Å²) in [6, 6.07) is 16.3. The fraction of sp³-hybridized carbons (Fsp3) is 0.320. The fourth-order valence-electron chi connectivity index (χ4n) is 4.37. The number of esters is 1. The molecule has 0 aliphatic carbocycles. The quantitative estimate of drug-likeness (QED) is 0.561. The molecular formula is C25H27ClN4O3. The second-order valence-electron chi connectivity index (χ2n) is 8.39. The van der Waals surface area contributed by atoms with E-state index in [0.29, 0.717) is 30.1 Å². The van der Waals surface area contributed by atoms with Crippen molar-refractivity contribution in [1.29, 1.82) is 0 Å². The highest BCUT2D eigenvalue weighted by molar-refractivity contribution is 6.30. The number of amides is 1. The third-order valence-corrected chi connectivity index (χ3v) is 6.08. The second-order valence-corrected chi connectivity index (χ2v) is 8.83. The molecule has 1 aromatic heterocycles. The molecule has 0 radical (unpaired) electrons. The zero-order valence-corrected chi connectivity index (χ0v) is 19.7. The van der Waals surface area contributed by atoms with Gasteiger partial charge in [-0.05, 0) is 62.2 Å². The number of hydrogen-bond acceptors (Lipinski definition) is 5. The number of ether oxygens (including phenoxy) is 1. The predicted octanol–water partition coefficient (Wildman–Crippen LogP) is 3.69. The molecule has 172 valence electrons. The lowest BCUT2D eigenvalue weighted by Gasteiger charge is -2.22. The molecule has 1 aliphatic rings. The standard InChI is InChI=1S/C25H27ClN4O3/c1-16-10-17(2)30(28-16)22-9-5-7-19(12-22)24(31)27-21-13-23(25(32)33-3)29(15-21)14-18-6-4-8-20(26)11-18/h4-12,21,23H,13-15H2,1-3H3,(H,27,31)/t21-,23+/m1/s1. The highest BCUT2D eigenvalue weighted by Gasteiger charge is 2.38. The van der Waals surface area contributed by atoms with E-state index in [1.54, 1.807) is 6.07 Å². The maximum Gasteiger partial charge on any atom is 0.323 e. The molecule has 1 aliphatic heterocycles. The molecular weight excluding hydrogens is 440 g/mol. The first kappa shape index (κ1) is 23.0. The van der Waals surface area contributed by atoms with E-state index in [1.807, 2.05) is 72.0 Å². The molecule has 1 amide bonds. The number of methoxy groups -OCH3 is 1. The number of hydrogen-bond donors (Lipinski definition) is 1. The summed E-state index contributed by atoms with van der Waals surface area (Å²) in [5.74, 6) is -0.489. The number of aryl methyl sites for hydroxylation is 2. The first-order valence-electron chi connectivity index (χ1n) is 10.8. The number of nitrogens with zero attached hydrogens (tertiary/aromatic N) is 3. The fourth-order valence-corrected chi connectivity index (χ4v) is 4.58. The molecule has 1 saturated heterocycles. The van der Waals surface area contributed by atoms with Gasteiger partial charge in [-0.25, -0.2) is 4.68 Å². The lowest BCUT2D eigenvalue weighted by atomic mass is 10.1. The summed E-state index contributed by atoms with van der Waals surface area (Å²) < 4.78 is 6.83. The van der Waals surface area contributed by atoms with Crippen molar-refractivity contribution in [2.45, 2.75) is 38.9 Å². The van der Waals surface area contributed by atoms with Gasteiger partial charge in [0, 0.05) is 35.4 Å². The molecule has 2 heterocycles. The van der Waals surface area contributed by atoms with Gasteiger partial charge in [0.2, 0.25) is 0 Å². The number of likely N-dealkylation sites (tertiary alicyclic amines) is 1. The Balaban J connectivity index is 1.48. The largest absolute Gasteiger partial charge is 0.468 e. The van der Waals surface area contributed by atoms with E-state index in [2.05, 4.69) is 10.4 Å². The van der Waals surface area contributed by atoms with Crippen LogP contribution in [-0.2, 0) is 16.1 Å². The van der Waals surface area contributed by atoms with Crippen molar-refractivity contribution in [1.82, 2.24) is 20.0 Å². The van der Waals surface area contributed by atoms with Gasteiger partial charge in [-0.2, -0.15) is 5.10 Å². The lowest BCUT2D eigenvalue weighted by Crippen LogP contribution is -2.37. The van der Waals surface area contributed by atoms with Crippen LogP contribution in [0.3, 0.4) is 0 Å².